The van der Waals surface area contributed by atoms with Gasteiger partial charge < -0.3 is 19.3 Å². The lowest BCUT2D eigenvalue weighted by Gasteiger charge is -2.33. The molecule has 1 N–H and O–H groups in total. The second-order valence-corrected chi connectivity index (χ2v) is 7.53. The molecule has 0 bridgehead atoms. The number of Topliss-reactive ketones (excluding diaryl/α,β-unsaturated/α-hetero) is 1. The van der Waals surface area contributed by atoms with Crippen molar-refractivity contribution >= 4 is 27.8 Å². The van der Waals surface area contributed by atoms with Gasteiger partial charge in [0.2, 0.25) is 0 Å². The fraction of sp³-hybridized carbons (Fsp3) is 0.667. The number of ether oxygens (including phenoxy) is 2. The van der Waals surface area contributed by atoms with Crippen LogP contribution in [-0.4, -0.2) is 66.9 Å². The summed E-state index contributed by atoms with van der Waals surface area (Å²) >= 11 is 0. The second-order valence-electron chi connectivity index (χ2n) is 6.11. The van der Waals surface area contributed by atoms with E-state index in [4.69, 9.17) is 0 Å². The minimum Gasteiger partial charge on any atom is -0.743 e. The molecule has 1 amide bonds. The van der Waals surface area contributed by atoms with Crippen molar-refractivity contribution in [1.29, 1.82) is 0 Å². The number of carbonyl (C=O) groups excluding carboxylic acids is 3. The number of rotatable bonds is 13. The monoisotopic (exact) mass is 504 g/mol. The Balaban J connectivity index is 5.47. The highest BCUT2D eigenvalue weighted by atomic mass is 32.2. The molecule has 0 heterocycles. The Morgan fingerprint density at radius 1 is 1.06 bits per heavy atom. The van der Waals surface area contributed by atoms with Gasteiger partial charge in [-0.1, -0.05) is 6.58 Å². The van der Waals surface area contributed by atoms with Crippen molar-refractivity contribution in [2.75, 3.05) is 13.2 Å². The van der Waals surface area contributed by atoms with Crippen molar-refractivity contribution in [2.24, 2.45) is 0 Å². The number of alkyl halides is 7. The van der Waals surface area contributed by atoms with Crippen LogP contribution in [0.5, 0.6) is 0 Å². The molecule has 0 saturated heterocycles. The summed E-state index contributed by atoms with van der Waals surface area (Å²) in [5, 5.41) is -4.49. The normalized spacial score (nSPS) is 14.9. The van der Waals surface area contributed by atoms with Crippen LogP contribution >= 0.6 is 0 Å². The van der Waals surface area contributed by atoms with Crippen LogP contribution in [0.2, 0.25) is 0 Å². The molecule has 0 radical (unpaired) electrons. The van der Waals surface area contributed by atoms with Crippen LogP contribution in [0.4, 0.5) is 30.7 Å². The maximum Gasteiger partial charge on any atom is 0.466 e. The first-order valence-electron chi connectivity index (χ1n) is 8.30. The van der Waals surface area contributed by atoms with Crippen LogP contribution in [0.3, 0.4) is 0 Å². The predicted molar refractivity (Wildman–Crippen MR) is 88.2 cm³/mol. The maximum absolute atomic E-state index is 13.5. The van der Waals surface area contributed by atoms with Crippen LogP contribution in [0, 0.1) is 0 Å². The van der Waals surface area contributed by atoms with Gasteiger partial charge in [0.05, 0.1) is 13.2 Å². The third-order valence-electron chi connectivity index (χ3n) is 3.51. The van der Waals surface area contributed by atoms with Crippen molar-refractivity contribution in [3.05, 3.63) is 12.7 Å². The first-order chi connectivity index (χ1) is 14.2. The number of esters is 1. The third kappa shape index (κ3) is 7.13. The minimum absolute atomic E-state index is 0.230. The summed E-state index contributed by atoms with van der Waals surface area (Å²) in [4.78, 5) is 34.2. The number of amides is 1. The summed E-state index contributed by atoms with van der Waals surface area (Å²) in [6.07, 6.45) is -9.49. The number of nitrogens with one attached hydrogen (secondary N) is 1. The molecule has 0 aromatic heterocycles. The summed E-state index contributed by atoms with van der Waals surface area (Å²) in [6.45, 7) is 1.50. The van der Waals surface area contributed by atoms with Gasteiger partial charge >= 0.3 is 35.0 Å². The molecule has 0 aliphatic carbocycles. The van der Waals surface area contributed by atoms with Gasteiger partial charge in [-0.15, -0.1) is 0 Å². The predicted octanol–water partition coefficient (Wildman–Crippen LogP) is 1.64. The summed E-state index contributed by atoms with van der Waals surface area (Å²) in [5.41, 5.74) is 0. The fourth-order valence-corrected chi connectivity index (χ4v) is 2.38. The molecule has 186 valence electrons. The molecule has 1 unspecified atom stereocenters. The third-order valence-corrected chi connectivity index (χ3v) is 4.44. The number of ketones is 1. The SMILES string of the molecule is C=CC(=O)OC(OCCCCC(F)(F)C(F)(F)S(=O)(=O)[O-])(C(=O)NCC(C)=O)C(F)(F)F. The fourth-order valence-electron chi connectivity index (χ4n) is 1.91. The second kappa shape index (κ2) is 10.6. The standard InChI is InChI=1S/C15H18F7NO8S/c1-3-10(25)31-13(14(18,19)20,11(26)23-8-9(2)24)30-7-5-4-6-12(16,17)15(21,22)32(27,28)29/h3H,1,4-8H2,2H3,(H,23,26)(H,27,28,29)/p-1. The highest BCUT2D eigenvalue weighted by Crippen LogP contribution is 2.42. The summed E-state index contributed by atoms with van der Waals surface area (Å²) in [5.74, 6) is -14.5. The van der Waals surface area contributed by atoms with Gasteiger partial charge in [0.1, 0.15) is 5.78 Å². The van der Waals surface area contributed by atoms with Crippen molar-refractivity contribution in [3.8, 4) is 0 Å². The molecule has 17 heteroatoms. The Morgan fingerprint density at radius 3 is 2.00 bits per heavy atom. The summed E-state index contributed by atoms with van der Waals surface area (Å²) < 4.78 is 132. The Bertz CT molecular complexity index is 828. The van der Waals surface area contributed by atoms with Crippen LogP contribution in [-0.2, 0) is 34.0 Å². The largest absolute Gasteiger partial charge is 0.743 e. The highest BCUT2D eigenvalue weighted by molar-refractivity contribution is 7.86. The van der Waals surface area contributed by atoms with Gasteiger partial charge in [0, 0.05) is 12.5 Å². The van der Waals surface area contributed by atoms with E-state index in [1.807, 2.05) is 0 Å². The molecular weight excluding hydrogens is 487 g/mol. The molecular formula is C15H17F7NO8S-. The number of hydrogen-bond donors (Lipinski definition) is 1. The van der Waals surface area contributed by atoms with E-state index in [0.717, 1.165) is 6.92 Å². The first kappa shape index (κ1) is 29.7. The molecule has 0 fully saturated rings. The number of hydrogen-bond acceptors (Lipinski definition) is 8. The smallest absolute Gasteiger partial charge is 0.466 e. The van der Waals surface area contributed by atoms with Crippen LogP contribution in [0.1, 0.15) is 26.2 Å². The molecule has 0 rings (SSSR count). The number of carbonyl (C=O) groups is 3. The van der Waals surface area contributed by atoms with Gasteiger partial charge in [-0.25, -0.2) is 13.2 Å². The summed E-state index contributed by atoms with van der Waals surface area (Å²) in [6, 6.07) is 0. The van der Waals surface area contributed by atoms with Crippen molar-refractivity contribution in [3.63, 3.8) is 0 Å². The first-order valence-corrected chi connectivity index (χ1v) is 9.71. The van der Waals surface area contributed by atoms with E-state index in [1.54, 1.807) is 0 Å². The van der Waals surface area contributed by atoms with E-state index in [2.05, 4.69) is 16.1 Å². The molecule has 1 atom stereocenters. The quantitative estimate of drug-likeness (QED) is 0.0998. The van der Waals surface area contributed by atoms with Gasteiger partial charge in [-0.05, 0) is 19.8 Å². The van der Waals surface area contributed by atoms with E-state index in [1.165, 1.54) is 5.32 Å². The lowest BCUT2D eigenvalue weighted by molar-refractivity contribution is -0.346. The number of halogens is 7. The van der Waals surface area contributed by atoms with E-state index in [-0.39, 0.29) is 6.08 Å². The molecule has 0 aliphatic heterocycles. The summed E-state index contributed by atoms with van der Waals surface area (Å²) in [7, 11) is -6.75. The molecule has 0 saturated carbocycles. The molecule has 0 aromatic carbocycles. The van der Waals surface area contributed by atoms with Gasteiger partial charge in [-0.3, -0.25) is 9.59 Å². The van der Waals surface area contributed by atoms with Gasteiger partial charge in [0.25, 0.3) is 0 Å². The van der Waals surface area contributed by atoms with E-state index in [9.17, 15) is 58.1 Å². The molecule has 32 heavy (non-hydrogen) atoms. The Hall–Kier alpha value is -2.27. The van der Waals surface area contributed by atoms with Crippen molar-refractivity contribution in [1.82, 2.24) is 5.32 Å². The number of unbranched alkanes of at least 4 members (excludes halogenated alkanes) is 1. The van der Waals surface area contributed by atoms with Crippen LogP contribution < -0.4 is 5.32 Å². The Labute approximate surface area is 176 Å². The highest BCUT2D eigenvalue weighted by Gasteiger charge is 2.66. The maximum atomic E-state index is 13.5. The lowest BCUT2D eigenvalue weighted by atomic mass is 10.1. The molecule has 0 aliphatic rings. The average molecular weight is 504 g/mol. The molecule has 9 nitrogen and oxygen atoms in total. The zero-order valence-corrected chi connectivity index (χ0v) is 17.0. The lowest BCUT2D eigenvalue weighted by Crippen LogP contribution is -2.61. The topological polar surface area (TPSA) is 139 Å². The minimum atomic E-state index is -6.75. The average Bonchev–Trinajstić information content (AvgIpc) is 2.62. The van der Waals surface area contributed by atoms with Crippen LogP contribution in [0.15, 0.2) is 12.7 Å². The van der Waals surface area contributed by atoms with E-state index < -0.39 is 83.3 Å². The Kier molecular flexibility index (Phi) is 9.81. The van der Waals surface area contributed by atoms with Crippen molar-refractivity contribution in [2.45, 2.75) is 49.3 Å². The van der Waals surface area contributed by atoms with E-state index in [0.29, 0.717) is 0 Å². The molecule has 0 aromatic rings. The zero-order valence-electron chi connectivity index (χ0n) is 16.1. The molecule has 0 spiro atoms. The van der Waals surface area contributed by atoms with Crippen molar-refractivity contribution < 1.29 is 67.6 Å². The van der Waals surface area contributed by atoms with Gasteiger partial charge in [0.15, 0.2) is 10.1 Å². The van der Waals surface area contributed by atoms with E-state index >= 15 is 0 Å². The van der Waals surface area contributed by atoms with Gasteiger partial charge in [-0.2, -0.15) is 30.7 Å². The zero-order chi connectivity index (χ0) is 25.6. The Morgan fingerprint density at radius 2 is 1.59 bits per heavy atom. The van der Waals surface area contributed by atoms with Crippen LogP contribution in [0.25, 0.3) is 0 Å².